The van der Waals surface area contributed by atoms with E-state index in [0.29, 0.717) is 23.7 Å². The van der Waals surface area contributed by atoms with E-state index in [-0.39, 0.29) is 29.9 Å². The van der Waals surface area contributed by atoms with E-state index in [1.54, 1.807) is 18.2 Å². The molecule has 8 heteroatoms. The van der Waals surface area contributed by atoms with Crippen molar-refractivity contribution in [1.29, 1.82) is 0 Å². The number of carbonyl (C=O) groups is 2. The fraction of sp³-hybridized carbons (Fsp3) is 0.480. The van der Waals surface area contributed by atoms with E-state index in [4.69, 9.17) is 16.3 Å². The molecule has 3 unspecified atom stereocenters. The summed E-state index contributed by atoms with van der Waals surface area (Å²) in [5, 5.41) is 11.3. The van der Waals surface area contributed by atoms with E-state index in [2.05, 4.69) is 29.6 Å². The van der Waals surface area contributed by atoms with Crippen LogP contribution in [-0.4, -0.2) is 40.3 Å². The van der Waals surface area contributed by atoms with E-state index >= 15 is 0 Å². The number of amides is 2. The van der Waals surface area contributed by atoms with Crippen LogP contribution in [0.5, 0.6) is 0 Å². The zero-order chi connectivity index (χ0) is 23.5. The summed E-state index contributed by atoms with van der Waals surface area (Å²) in [5.41, 5.74) is 4.20. The smallest absolute Gasteiger partial charge is 0.286 e. The molecule has 7 nitrogen and oxygen atoms in total. The standard InChI is InChI=1S/C25H31ClN4O3/c1-4-30-16(3)20(15(2)29-30)10-11-27-24(31)18-8-9-22-21(14-18)28-25(32)23(33-22)13-17-6-5-7-19(26)12-17/h5-7,12-13,18,21-22H,4,8-11,14H2,1-3H3,(H,27,31)(H,28,32)/b23-13+. The van der Waals surface area contributed by atoms with Crippen LogP contribution in [0.2, 0.25) is 5.02 Å². The van der Waals surface area contributed by atoms with Crippen molar-refractivity contribution in [2.75, 3.05) is 6.54 Å². The topological polar surface area (TPSA) is 85.2 Å². The van der Waals surface area contributed by atoms with Crippen molar-refractivity contribution >= 4 is 29.5 Å². The molecule has 0 spiro atoms. The first-order valence-corrected chi connectivity index (χ1v) is 12.0. The molecule has 176 valence electrons. The average molecular weight is 471 g/mol. The maximum atomic E-state index is 12.8. The van der Waals surface area contributed by atoms with Crippen LogP contribution in [0.4, 0.5) is 0 Å². The molecule has 2 N–H and O–H groups in total. The molecule has 1 saturated heterocycles. The number of hydrogen-bond donors (Lipinski definition) is 2. The zero-order valence-electron chi connectivity index (χ0n) is 19.4. The van der Waals surface area contributed by atoms with Crippen molar-refractivity contribution in [3.8, 4) is 0 Å². The Bertz CT molecular complexity index is 1080. The highest BCUT2D eigenvalue weighted by atomic mass is 35.5. The summed E-state index contributed by atoms with van der Waals surface area (Å²) >= 11 is 6.04. The van der Waals surface area contributed by atoms with Gasteiger partial charge in [-0.2, -0.15) is 5.10 Å². The number of fused-ring (bicyclic) bond motifs is 1. The van der Waals surface area contributed by atoms with Gasteiger partial charge >= 0.3 is 0 Å². The summed E-state index contributed by atoms with van der Waals surface area (Å²) in [5.74, 6) is -0.0497. The number of aryl methyl sites for hydroxylation is 2. The Morgan fingerprint density at radius 1 is 1.36 bits per heavy atom. The molecule has 1 aromatic heterocycles. The molecule has 1 saturated carbocycles. The van der Waals surface area contributed by atoms with Crippen molar-refractivity contribution in [3.63, 3.8) is 0 Å². The number of halogens is 1. The summed E-state index contributed by atoms with van der Waals surface area (Å²) in [4.78, 5) is 25.4. The second kappa shape index (κ2) is 10.00. The summed E-state index contributed by atoms with van der Waals surface area (Å²) < 4.78 is 8.01. The Morgan fingerprint density at radius 3 is 2.91 bits per heavy atom. The third kappa shape index (κ3) is 5.24. The summed E-state index contributed by atoms with van der Waals surface area (Å²) in [7, 11) is 0. The number of nitrogens with one attached hydrogen (secondary N) is 2. The Labute approximate surface area is 199 Å². The summed E-state index contributed by atoms with van der Waals surface area (Å²) in [6, 6.07) is 7.12. The van der Waals surface area contributed by atoms with Gasteiger partial charge in [0.15, 0.2) is 5.76 Å². The van der Waals surface area contributed by atoms with Crippen LogP contribution < -0.4 is 10.6 Å². The molecule has 3 atom stereocenters. The number of ether oxygens (including phenoxy) is 1. The SMILES string of the molecule is CCn1nc(C)c(CCNC(=O)C2CCC3O/C(=C/c4cccc(Cl)c4)C(=O)NC3C2)c1C. The van der Waals surface area contributed by atoms with Gasteiger partial charge in [0.25, 0.3) is 5.91 Å². The molecule has 33 heavy (non-hydrogen) atoms. The zero-order valence-corrected chi connectivity index (χ0v) is 20.1. The highest BCUT2D eigenvalue weighted by Gasteiger charge is 2.40. The molecule has 0 radical (unpaired) electrons. The lowest BCUT2D eigenvalue weighted by Crippen LogP contribution is -2.54. The van der Waals surface area contributed by atoms with Crippen LogP contribution in [0.1, 0.15) is 48.7 Å². The van der Waals surface area contributed by atoms with Crippen molar-refractivity contribution in [2.45, 2.75) is 65.1 Å². The van der Waals surface area contributed by atoms with E-state index in [9.17, 15) is 9.59 Å². The van der Waals surface area contributed by atoms with Gasteiger partial charge < -0.3 is 15.4 Å². The first kappa shape index (κ1) is 23.4. The average Bonchev–Trinajstić information content (AvgIpc) is 3.07. The first-order chi connectivity index (χ1) is 15.9. The molecule has 1 aliphatic carbocycles. The van der Waals surface area contributed by atoms with Gasteiger partial charge in [0, 0.05) is 29.7 Å². The van der Waals surface area contributed by atoms with E-state index in [1.807, 2.05) is 23.7 Å². The fourth-order valence-electron chi connectivity index (χ4n) is 4.84. The molecule has 1 aromatic carbocycles. The van der Waals surface area contributed by atoms with Crippen LogP contribution in [0, 0.1) is 19.8 Å². The van der Waals surface area contributed by atoms with Crippen molar-refractivity contribution in [2.24, 2.45) is 5.92 Å². The largest absolute Gasteiger partial charge is 0.483 e. The van der Waals surface area contributed by atoms with Crippen molar-refractivity contribution in [1.82, 2.24) is 20.4 Å². The van der Waals surface area contributed by atoms with Gasteiger partial charge in [-0.1, -0.05) is 23.7 Å². The third-order valence-electron chi connectivity index (χ3n) is 6.63. The number of rotatable bonds is 6. The minimum Gasteiger partial charge on any atom is -0.483 e. The molecule has 2 aliphatic rings. The minimum absolute atomic E-state index is 0.0427. The first-order valence-electron chi connectivity index (χ1n) is 11.6. The van der Waals surface area contributed by atoms with Gasteiger partial charge in [0.2, 0.25) is 5.91 Å². The molecule has 2 fully saturated rings. The predicted octanol–water partition coefficient (Wildman–Crippen LogP) is 3.56. The van der Waals surface area contributed by atoms with Crippen molar-refractivity contribution < 1.29 is 14.3 Å². The number of nitrogens with zero attached hydrogens (tertiary/aromatic N) is 2. The number of aromatic nitrogens is 2. The fourth-order valence-corrected chi connectivity index (χ4v) is 5.03. The van der Waals surface area contributed by atoms with Crippen LogP contribution >= 0.6 is 11.6 Å². The lowest BCUT2D eigenvalue weighted by atomic mass is 9.82. The van der Waals surface area contributed by atoms with Crippen LogP contribution in [0.15, 0.2) is 30.0 Å². The maximum absolute atomic E-state index is 12.8. The minimum atomic E-state index is -0.254. The number of hydrogen-bond acceptors (Lipinski definition) is 4. The van der Waals surface area contributed by atoms with Gasteiger partial charge in [-0.25, -0.2) is 0 Å². The molecule has 2 aromatic rings. The second-order valence-corrected chi connectivity index (χ2v) is 9.25. The van der Waals surface area contributed by atoms with Gasteiger partial charge in [0.05, 0.1) is 11.7 Å². The Hall–Kier alpha value is -2.80. The molecule has 2 heterocycles. The van der Waals surface area contributed by atoms with E-state index in [1.165, 1.54) is 5.56 Å². The maximum Gasteiger partial charge on any atom is 0.286 e. The van der Waals surface area contributed by atoms with Crippen LogP contribution in [-0.2, 0) is 27.3 Å². The van der Waals surface area contributed by atoms with E-state index in [0.717, 1.165) is 42.8 Å². The summed E-state index contributed by atoms with van der Waals surface area (Å²) in [6.07, 6.45) is 4.39. The highest BCUT2D eigenvalue weighted by Crippen LogP contribution is 2.31. The van der Waals surface area contributed by atoms with E-state index < -0.39 is 0 Å². The van der Waals surface area contributed by atoms with Crippen LogP contribution in [0.25, 0.3) is 6.08 Å². The lowest BCUT2D eigenvalue weighted by molar-refractivity contribution is -0.134. The van der Waals surface area contributed by atoms with Gasteiger partial charge in [-0.05, 0) is 75.8 Å². The van der Waals surface area contributed by atoms with Gasteiger partial charge in [-0.3, -0.25) is 14.3 Å². The second-order valence-electron chi connectivity index (χ2n) is 8.82. The highest BCUT2D eigenvalue weighted by molar-refractivity contribution is 6.30. The number of benzene rings is 1. The predicted molar refractivity (Wildman–Crippen MR) is 128 cm³/mol. The Balaban J connectivity index is 1.31. The van der Waals surface area contributed by atoms with Crippen molar-refractivity contribution in [3.05, 3.63) is 57.6 Å². The molecule has 1 aliphatic heterocycles. The molecular weight excluding hydrogens is 440 g/mol. The molecular formula is C25H31ClN4O3. The van der Waals surface area contributed by atoms with Gasteiger partial charge in [0.1, 0.15) is 6.10 Å². The number of carbonyl (C=O) groups excluding carboxylic acids is 2. The third-order valence-corrected chi connectivity index (χ3v) is 6.86. The summed E-state index contributed by atoms with van der Waals surface area (Å²) in [6.45, 7) is 7.58. The Kier molecular flexibility index (Phi) is 7.08. The molecule has 2 amide bonds. The molecule has 0 bridgehead atoms. The monoisotopic (exact) mass is 470 g/mol. The molecule has 4 rings (SSSR count). The quantitative estimate of drug-likeness (QED) is 0.632. The number of morpholine rings is 1. The Morgan fingerprint density at radius 2 is 2.18 bits per heavy atom. The van der Waals surface area contributed by atoms with Gasteiger partial charge in [-0.15, -0.1) is 0 Å². The lowest BCUT2D eigenvalue weighted by Gasteiger charge is -2.39. The normalized spacial score (nSPS) is 23.6. The van der Waals surface area contributed by atoms with Crippen LogP contribution in [0.3, 0.4) is 0 Å².